The van der Waals surface area contributed by atoms with Crippen molar-refractivity contribution in [3.8, 4) is 0 Å². The van der Waals surface area contributed by atoms with Crippen molar-refractivity contribution in [1.29, 1.82) is 0 Å². The van der Waals surface area contributed by atoms with Gasteiger partial charge >= 0.3 is 6.03 Å². The smallest absolute Gasteiger partial charge is 0.319 e. The number of fused-ring (bicyclic) bond motifs is 2. The number of benzene rings is 1. The Morgan fingerprint density at radius 2 is 1.93 bits per heavy atom. The minimum absolute atomic E-state index is 0.0931. The molecule has 2 saturated heterocycles. The lowest BCUT2D eigenvalue weighted by Crippen LogP contribution is -3.20. The molecule has 1 aromatic heterocycles. The predicted octanol–water partition coefficient (Wildman–Crippen LogP) is 3.29. The summed E-state index contributed by atoms with van der Waals surface area (Å²) in [5.74, 6) is 1.07. The Morgan fingerprint density at radius 1 is 1.19 bits per heavy atom. The van der Waals surface area contributed by atoms with Gasteiger partial charge in [0.2, 0.25) is 0 Å². The van der Waals surface area contributed by atoms with Crippen LogP contribution in [0.5, 0.6) is 0 Å². The zero-order valence-corrected chi connectivity index (χ0v) is 16.6. The van der Waals surface area contributed by atoms with Gasteiger partial charge < -0.3 is 20.0 Å². The molecule has 2 fully saturated rings. The maximum atomic E-state index is 12.4. The van der Waals surface area contributed by atoms with Crippen LogP contribution in [0.1, 0.15) is 37.9 Å². The Labute approximate surface area is 164 Å². The van der Waals surface area contributed by atoms with Gasteiger partial charge in [0.1, 0.15) is 6.54 Å². The Balaban J connectivity index is 1.33. The number of piperidine rings is 2. The van der Waals surface area contributed by atoms with Gasteiger partial charge in [0.05, 0.1) is 18.3 Å². The van der Waals surface area contributed by atoms with Gasteiger partial charge in [-0.1, -0.05) is 0 Å². The summed E-state index contributed by atoms with van der Waals surface area (Å²) in [5, 5.41) is 6.18. The first kappa shape index (κ1) is 18.4. The van der Waals surface area contributed by atoms with Crippen molar-refractivity contribution in [2.24, 2.45) is 0 Å². The van der Waals surface area contributed by atoms with E-state index in [1.165, 1.54) is 24.2 Å². The zero-order chi connectivity index (χ0) is 18.6. The largest absolute Gasteiger partial charge is 0.463 e. The summed E-state index contributed by atoms with van der Waals surface area (Å²) < 4.78 is 5.57. The molecule has 27 heavy (non-hydrogen) atoms. The van der Waals surface area contributed by atoms with Gasteiger partial charge in [-0.2, -0.15) is 0 Å². The summed E-state index contributed by atoms with van der Waals surface area (Å²) in [7, 11) is 0. The molecule has 2 atom stereocenters. The van der Waals surface area contributed by atoms with Gasteiger partial charge in [0.25, 0.3) is 0 Å². The molecule has 3 N–H and O–H groups in total. The number of hydrogen-bond donors (Lipinski definition) is 3. The van der Waals surface area contributed by atoms with Gasteiger partial charge in [-0.05, 0) is 61.9 Å². The van der Waals surface area contributed by atoms with E-state index in [0.717, 1.165) is 30.8 Å². The number of carbonyl (C=O) groups excluding carboxylic acids is 1. The molecule has 5 nitrogen and oxygen atoms in total. The molecular formula is C21H28N3O2S+. The second-order valence-corrected chi connectivity index (χ2v) is 8.53. The number of carbonyl (C=O) groups is 1. The lowest BCUT2D eigenvalue weighted by Gasteiger charge is -2.45. The maximum Gasteiger partial charge on any atom is 0.319 e. The number of hydrogen-bond acceptors (Lipinski definition) is 3. The summed E-state index contributed by atoms with van der Waals surface area (Å²) in [4.78, 5) is 15.3. The normalized spacial score (nSPS) is 27.1. The molecule has 6 heteroatoms. The van der Waals surface area contributed by atoms with Crippen LogP contribution in [0.2, 0.25) is 0 Å². The van der Waals surface area contributed by atoms with Crippen LogP contribution in [0.3, 0.4) is 0 Å². The number of anilines is 1. The first-order chi connectivity index (χ1) is 13.2. The van der Waals surface area contributed by atoms with Gasteiger partial charge in [-0.15, -0.1) is 11.8 Å². The highest BCUT2D eigenvalue weighted by atomic mass is 32.2. The maximum absolute atomic E-state index is 12.4. The minimum atomic E-state index is -0.0931. The van der Waals surface area contributed by atoms with E-state index in [2.05, 4.69) is 16.7 Å². The SMILES string of the molecule is CSc1ccc(NC(=O)NC2C[C@H]3CCC[C@H](C2)[NH+]3Cc2ccco2)cc1. The highest BCUT2D eigenvalue weighted by Gasteiger charge is 2.42. The molecule has 0 saturated carbocycles. The Morgan fingerprint density at radius 3 is 2.56 bits per heavy atom. The molecule has 2 aromatic rings. The fraction of sp³-hybridized carbons (Fsp3) is 0.476. The van der Waals surface area contributed by atoms with E-state index in [0.29, 0.717) is 12.1 Å². The van der Waals surface area contributed by atoms with Gasteiger partial charge in [0.15, 0.2) is 5.76 Å². The molecule has 2 bridgehead atoms. The Kier molecular flexibility index (Phi) is 5.74. The summed E-state index contributed by atoms with van der Waals surface area (Å²) in [6, 6.07) is 13.4. The van der Waals surface area contributed by atoms with Crippen molar-refractivity contribution in [1.82, 2.24) is 5.32 Å². The molecule has 1 aromatic carbocycles. The monoisotopic (exact) mass is 386 g/mol. The van der Waals surface area contributed by atoms with E-state index >= 15 is 0 Å². The third-order valence-corrected chi connectivity index (χ3v) is 6.68. The molecule has 4 rings (SSSR count). The number of quaternary nitrogens is 1. The van der Waals surface area contributed by atoms with Crippen molar-refractivity contribution >= 4 is 23.5 Å². The van der Waals surface area contributed by atoms with Crippen molar-refractivity contribution < 1.29 is 14.1 Å². The molecule has 3 heterocycles. The van der Waals surface area contributed by atoms with Crippen molar-refractivity contribution in [3.05, 3.63) is 48.4 Å². The molecule has 0 spiro atoms. The molecule has 144 valence electrons. The first-order valence-corrected chi connectivity index (χ1v) is 11.0. The predicted molar refractivity (Wildman–Crippen MR) is 108 cm³/mol. The van der Waals surface area contributed by atoms with Gasteiger partial charge in [-0.3, -0.25) is 0 Å². The van der Waals surface area contributed by atoms with Crippen LogP contribution < -0.4 is 15.5 Å². The average molecular weight is 387 g/mol. The number of rotatable bonds is 5. The van der Waals surface area contributed by atoms with Crippen LogP contribution in [0.25, 0.3) is 0 Å². The Hall–Kier alpha value is -1.92. The first-order valence-electron chi connectivity index (χ1n) is 9.81. The van der Waals surface area contributed by atoms with E-state index in [1.807, 2.05) is 36.6 Å². The fourth-order valence-corrected chi connectivity index (χ4v) is 5.09. The molecule has 0 unspecified atom stereocenters. The molecular weight excluding hydrogens is 358 g/mol. The van der Waals surface area contributed by atoms with Gasteiger partial charge in [0, 0.05) is 29.5 Å². The van der Waals surface area contributed by atoms with Crippen molar-refractivity contribution in [2.45, 2.75) is 61.7 Å². The number of furan rings is 1. The molecule has 0 aliphatic carbocycles. The lowest BCUT2D eigenvalue weighted by molar-refractivity contribution is -0.974. The number of urea groups is 1. The number of nitrogens with one attached hydrogen (secondary N) is 3. The highest BCUT2D eigenvalue weighted by Crippen LogP contribution is 2.23. The quantitative estimate of drug-likeness (QED) is 0.691. The fourth-order valence-electron chi connectivity index (χ4n) is 4.68. The van der Waals surface area contributed by atoms with E-state index < -0.39 is 0 Å². The summed E-state index contributed by atoms with van der Waals surface area (Å²) in [5.41, 5.74) is 0.839. The average Bonchev–Trinajstić information content (AvgIpc) is 3.16. The minimum Gasteiger partial charge on any atom is -0.463 e. The third-order valence-electron chi connectivity index (χ3n) is 5.93. The van der Waals surface area contributed by atoms with Crippen LogP contribution in [-0.2, 0) is 6.54 Å². The molecule has 2 aliphatic rings. The molecule has 2 amide bonds. The topological polar surface area (TPSA) is 58.7 Å². The van der Waals surface area contributed by atoms with E-state index in [9.17, 15) is 4.79 Å². The lowest BCUT2D eigenvalue weighted by atomic mass is 9.81. The molecule has 2 aliphatic heterocycles. The van der Waals surface area contributed by atoms with Crippen LogP contribution in [0, 0.1) is 0 Å². The zero-order valence-electron chi connectivity index (χ0n) is 15.7. The van der Waals surface area contributed by atoms with E-state index in [1.54, 1.807) is 22.9 Å². The summed E-state index contributed by atoms with van der Waals surface area (Å²) >= 11 is 1.70. The van der Waals surface area contributed by atoms with E-state index in [-0.39, 0.29) is 12.1 Å². The van der Waals surface area contributed by atoms with Gasteiger partial charge in [-0.25, -0.2) is 4.79 Å². The Bertz CT molecular complexity index is 733. The second kappa shape index (κ2) is 8.40. The number of thioether (sulfide) groups is 1. The van der Waals surface area contributed by atoms with Crippen molar-refractivity contribution in [2.75, 3.05) is 11.6 Å². The standard InChI is InChI=1S/C21H27N3O2S/c1-27-20-9-7-15(8-10-20)22-21(25)23-16-12-17-4-2-5-18(13-16)24(17)14-19-6-3-11-26-19/h3,6-11,16-18H,2,4-5,12-14H2,1H3,(H2,22,23,25)/p+1/t17-,18-/m1/s1. The third kappa shape index (κ3) is 4.50. The summed E-state index contributed by atoms with van der Waals surface area (Å²) in [6.45, 7) is 0.961. The van der Waals surface area contributed by atoms with Crippen molar-refractivity contribution in [3.63, 3.8) is 0 Å². The highest BCUT2D eigenvalue weighted by molar-refractivity contribution is 7.98. The second-order valence-electron chi connectivity index (χ2n) is 7.65. The van der Waals surface area contributed by atoms with Crippen LogP contribution in [-0.4, -0.2) is 30.4 Å². The van der Waals surface area contributed by atoms with E-state index in [4.69, 9.17) is 4.42 Å². The van der Waals surface area contributed by atoms with Crippen LogP contribution in [0.4, 0.5) is 10.5 Å². The molecule has 0 radical (unpaired) electrons. The summed E-state index contributed by atoms with van der Waals surface area (Å²) in [6.07, 6.45) is 9.68. The van der Waals surface area contributed by atoms with Crippen LogP contribution in [0.15, 0.2) is 52.0 Å². The van der Waals surface area contributed by atoms with Crippen LogP contribution >= 0.6 is 11.8 Å². The number of amides is 2.